The van der Waals surface area contributed by atoms with E-state index in [1.54, 1.807) is 34.6 Å². The van der Waals surface area contributed by atoms with E-state index in [-0.39, 0.29) is 5.91 Å². The third-order valence-electron chi connectivity index (χ3n) is 3.77. The van der Waals surface area contributed by atoms with E-state index in [4.69, 9.17) is 11.6 Å². The SMILES string of the molecule is CSc1ccc(Cl)c(C(=O)Nc2ccn(Cc3ccc(C)cc3)n2)c1. The molecule has 3 aromatic rings. The molecule has 1 N–H and O–H groups in total. The summed E-state index contributed by atoms with van der Waals surface area (Å²) in [6.07, 6.45) is 3.80. The number of benzene rings is 2. The number of anilines is 1. The second-order valence-electron chi connectivity index (χ2n) is 5.68. The molecular formula is C19H18ClN3OS. The minimum Gasteiger partial charge on any atom is -0.305 e. The van der Waals surface area contributed by atoms with Crippen LogP contribution in [0.3, 0.4) is 0 Å². The van der Waals surface area contributed by atoms with Crippen molar-refractivity contribution in [1.29, 1.82) is 0 Å². The van der Waals surface area contributed by atoms with Crippen molar-refractivity contribution in [2.75, 3.05) is 11.6 Å². The molecule has 0 aliphatic rings. The van der Waals surface area contributed by atoms with Gasteiger partial charge in [-0.05, 0) is 36.9 Å². The van der Waals surface area contributed by atoms with E-state index in [2.05, 4.69) is 41.6 Å². The molecule has 0 spiro atoms. The van der Waals surface area contributed by atoms with E-state index >= 15 is 0 Å². The first-order valence-electron chi connectivity index (χ1n) is 7.79. The van der Waals surface area contributed by atoms with Gasteiger partial charge in [0.2, 0.25) is 0 Å². The zero-order valence-electron chi connectivity index (χ0n) is 14.0. The predicted molar refractivity (Wildman–Crippen MR) is 104 cm³/mol. The van der Waals surface area contributed by atoms with Crippen LogP contribution in [0.2, 0.25) is 5.02 Å². The number of amides is 1. The molecule has 0 fully saturated rings. The van der Waals surface area contributed by atoms with Crippen LogP contribution in [0.5, 0.6) is 0 Å². The summed E-state index contributed by atoms with van der Waals surface area (Å²) in [5.74, 6) is 0.240. The van der Waals surface area contributed by atoms with Crippen LogP contribution in [-0.2, 0) is 6.54 Å². The first-order chi connectivity index (χ1) is 12.0. The minimum atomic E-state index is -0.263. The van der Waals surface area contributed by atoms with Crippen molar-refractivity contribution < 1.29 is 4.79 Å². The molecular weight excluding hydrogens is 354 g/mol. The van der Waals surface area contributed by atoms with Gasteiger partial charge in [-0.3, -0.25) is 9.48 Å². The molecule has 0 saturated carbocycles. The molecule has 0 aliphatic heterocycles. The lowest BCUT2D eigenvalue weighted by molar-refractivity contribution is 0.102. The summed E-state index contributed by atoms with van der Waals surface area (Å²) < 4.78 is 1.79. The molecule has 1 aromatic heterocycles. The number of aromatic nitrogens is 2. The molecule has 0 bridgehead atoms. The number of rotatable bonds is 5. The Bertz CT molecular complexity index is 890. The fraction of sp³-hybridized carbons (Fsp3) is 0.158. The van der Waals surface area contributed by atoms with Gasteiger partial charge >= 0.3 is 0 Å². The molecule has 0 atom stereocenters. The molecule has 0 saturated heterocycles. The highest BCUT2D eigenvalue weighted by atomic mass is 35.5. The molecule has 0 unspecified atom stereocenters. The Hall–Kier alpha value is -2.24. The topological polar surface area (TPSA) is 46.9 Å². The summed E-state index contributed by atoms with van der Waals surface area (Å²) >= 11 is 7.71. The second kappa shape index (κ2) is 7.76. The zero-order valence-corrected chi connectivity index (χ0v) is 15.6. The van der Waals surface area contributed by atoms with Crippen LogP contribution in [0.1, 0.15) is 21.5 Å². The summed E-state index contributed by atoms with van der Waals surface area (Å²) in [6.45, 7) is 2.71. The maximum Gasteiger partial charge on any atom is 0.258 e. The van der Waals surface area contributed by atoms with Gasteiger partial charge in [0.1, 0.15) is 0 Å². The highest BCUT2D eigenvalue weighted by molar-refractivity contribution is 7.98. The van der Waals surface area contributed by atoms with Crippen LogP contribution in [0.15, 0.2) is 59.6 Å². The van der Waals surface area contributed by atoms with Gasteiger partial charge in [0.05, 0.1) is 17.1 Å². The Morgan fingerprint density at radius 2 is 1.96 bits per heavy atom. The minimum absolute atomic E-state index is 0.263. The highest BCUT2D eigenvalue weighted by Crippen LogP contribution is 2.23. The van der Waals surface area contributed by atoms with Crippen molar-refractivity contribution in [2.45, 2.75) is 18.4 Å². The molecule has 128 valence electrons. The lowest BCUT2D eigenvalue weighted by Gasteiger charge is -2.06. The van der Waals surface area contributed by atoms with Crippen molar-refractivity contribution in [3.05, 3.63) is 76.4 Å². The predicted octanol–water partition coefficient (Wildman–Crippen LogP) is 4.87. The summed E-state index contributed by atoms with van der Waals surface area (Å²) in [5.41, 5.74) is 2.82. The third-order valence-corrected chi connectivity index (χ3v) is 4.82. The van der Waals surface area contributed by atoms with Gasteiger partial charge in [0, 0.05) is 17.2 Å². The van der Waals surface area contributed by atoms with Crippen molar-refractivity contribution >= 4 is 35.1 Å². The molecule has 4 nitrogen and oxygen atoms in total. The van der Waals surface area contributed by atoms with Gasteiger partial charge in [-0.1, -0.05) is 41.4 Å². The Labute approximate surface area is 156 Å². The van der Waals surface area contributed by atoms with E-state index in [9.17, 15) is 4.79 Å². The standard InChI is InChI=1S/C19H18ClN3OS/c1-13-3-5-14(6-4-13)12-23-10-9-18(22-23)21-19(24)16-11-15(25-2)7-8-17(16)20/h3-11H,12H2,1-2H3,(H,21,22,24). The molecule has 1 heterocycles. The maximum atomic E-state index is 12.5. The normalized spacial score (nSPS) is 10.7. The highest BCUT2D eigenvalue weighted by Gasteiger charge is 2.13. The number of nitrogens with one attached hydrogen (secondary N) is 1. The monoisotopic (exact) mass is 371 g/mol. The number of hydrogen-bond acceptors (Lipinski definition) is 3. The number of carbonyl (C=O) groups excluding carboxylic acids is 1. The summed E-state index contributed by atoms with van der Waals surface area (Å²) in [7, 11) is 0. The van der Waals surface area contributed by atoms with Crippen molar-refractivity contribution in [3.63, 3.8) is 0 Å². The Kier molecular flexibility index (Phi) is 5.46. The number of nitrogens with zero attached hydrogens (tertiary/aromatic N) is 2. The summed E-state index contributed by atoms with van der Waals surface area (Å²) in [4.78, 5) is 13.4. The average Bonchev–Trinajstić information content (AvgIpc) is 3.04. The van der Waals surface area contributed by atoms with Gasteiger partial charge in [-0.15, -0.1) is 11.8 Å². The Morgan fingerprint density at radius 3 is 2.68 bits per heavy atom. The largest absolute Gasteiger partial charge is 0.305 e. The lowest BCUT2D eigenvalue weighted by atomic mass is 10.1. The first-order valence-corrected chi connectivity index (χ1v) is 9.39. The molecule has 6 heteroatoms. The molecule has 3 rings (SSSR count). The number of hydrogen-bond donors (Lipinski definition) is 1. The number of thioether (sulfide) groups is 1. The fourth-order valence-electron chi connectivity index (χ4n) is 2.39. The quantitative estimate of drug-likeness (QED) is 0.651. The number of carbonyl (C=O) groups is 1. The van der Waals surface area contributed by atoms with Gasteiger partial charge < -0.3 is 5.32 Å². The van der Waals surface area contributed by atoms with E-state index in [1.807, 2.05) is 18.5 Å². The maximum absolute atomic E-state index is 12.5. The van der Waals surface area contributed by atoms with Crippen LogP contribution in [0.25, 0.3) is 0 Å². The molecule has 0 aliphatic carbocycles. The van der Waals surface area contributed by atoms with Crippen LogP contribution in [0.4, 0.5) is 5.82 Å². The summed E-state index contributed by atoms with van der Waals surface area (Å²) in [5, 5.41) is 7.63. The van der Waals surface area contributed by atoms with Gasteiger partial charge in [0.25, 0.3) is 5.91 Å². The summed E-state index contributed by atoms with van der Waals surface area (Å²) in [6, 6.07) is 15.5. The molecule has 25 heavy (non-hydrogen) atoms. The van der Waals surface area contributed by atoms with Crippen LogP contribution in [-0.4, -0.2) is 21.9 Å². The van der Waals surface area contributed by atoms with Gasteiger partial charge in [-0.2, -0.15) is 5.10 Å². The van der Waals surface area contributed by atoms with E-state index in [0.29, 0.717) is 22.9 Å². The lowest BCUT2D eigenvalue weighted by Crippen LogP contribution is -2.13. The molecule has 1 amide bonds. The number of aryl methyl sites for hydroxylation is 1. The Morgan fingerprint density at radius 1 is 1.20 bits per heavy atom. The van der Waals surface area contributed by atoms with Gasteiger partial charge in [0.15, 0.2) is 5.82 Å². The molecule has 0 radical (unpaired) electrons. The number of halogens is 1. The van der Waals surface area contributed by atoms with Crippen molar-refractivity contribution in [3.8, 4) is 0 Å². The smallest absolute Gasteiger partial charge is 0.258 e. The van der Waals surface area contributed by atoms with Crippen molar-refractivity contribution in [1.82, 2.24) is 9.78 Å². The Balaban J connectivity index is 1.70. The first kappa shape index (κ1) is 17.6. The van der Waals surface area contributed by atoms with Crippen LogP contribution in [0, 0.1) is 6.92 Å². The molecule has 2 aromatic carbocycles. The third kappa shape index (κ3) is 4.44. The average molecular weight is 372 g/mol. The van der Waals surface area contributed by atoms with E-state index < -0.39 is 0 Å². The van der Waals surface area contributed by atoms with E-state index in [1.165, 1.54) is 5.56 Å². The zero-order chi connectivity index (χ0) is 17.8. The van der Waals surface area contributed by atoms with Crippen molar-refractivity contribution in [2.24, 2.45) is 0 Å². The van der Waals surface area contributed by atoms with Gasteiger partial charge in [-0.25, -0.2) is 0 Å². The fourth-order valence-corrected chi connectivity index (χ4v) is 3.03. The van der Waals surface area contributed by atoms with Crippen LogP contribution < -0.4 is 5.32 Å². The second-order valence-corrected chi connectivity index (χ2v) is 6.97. The van der Waals surface area contributed by atoms with E-state index in [0.717, 1.165) is 10.5 Å². The van der Waals surface area contributed by atoms with Crippen LogP contribution >= 0.6 is 23.4 Å².